The third-order valence-corrected chi connectivity index (χ3v) is 3.59. The van der Waals surface area contributed by atoms with E-state index >= 15 is 0 Å². The fourth-order valence-electron chi connectivity index (χ4n) is 1.90. The molecule has 0 radical (unpaired) electrons. The minimum atomic E-state index is -0.445. The van der Waals surface area contributed by atoms with Gasteiger partial charge >= 0.3 is 0 Å². The van der Waals surface area contributed by atoms with Crippen LogP contribution in [0.1, 0.15) is 38.3 Å². The van der Waals surface area contributed by atoms with Crippen molar-refractivity contribution in [2.75, 3.05) is 6.61 Å². The van der Waals surface area contributed by atoms with Crippen molar-refractivity contribution >= 4 is 5.91 Å². The Bertz CT molecular complexity index is 421. The normalized spacial score (nSPS) is 13.8. The number of amides is 1. The molecule has 1 aromatic carbocycles. The van der Waals surface area contributed by atoms with Gasteiger partial charge in [-0.3, -0.25) is 4.79 Å². The molecular weight excluding hydrogens is 252 g/mol. The number of benzene rings is 1. The summed E-state index contributed by atoms with van der Waals surface area (Å²) in [4.78, 5) is 12.0. The Morgan fingerprint density at radius 1 is 1.30 bits per heavy atom. The van der Waals surface area contributed by atoms with E-state index < -0.39 is 6.04 Å². The molecule has 1 aromatic rings. The van der Waals surface area contributed by atoms with E-state index in [1.54, 1.807) is 0 Å². The highest BCUT2D eigenvalue weighted by Gasteiger charge is 2.19. The second-order valence-corrected chi connectivity index (χ2v) is 5.03. The molecule has 1 unspecified atom stereocenters. The summed E-state index contributed by atoms with van der Waals surface area (Å²) in [6, 6.07) is 7.52. The molecule has 1 rings (SSSR count). The monoisotopic (exact) mass is 278 g/mol. The van der Waals surface area contributed by atoms with Gasteiger partial charge in [0.2, 0.25) is 5.91 Å². The van der Waals surface area contributed by atoms with E-state index in [1.165, 1.54) is 0 Å². The van der Waals surface area contributed by atoms with E-state index in [4.69, 9.17) is 10.5 Å². The number of nitrogens with two attached hydrogens (primary N) is 1. The number of nitrogens with one attached hydrogen (secondary N) is 1. The highest BCUT2D eigenvalue weighted by molar-refractivity contribution is 5.81. The molecule has 0 spiro atoms. The number of ether oxygens (including phenoxy) is 1. The minimum Gasteiger partial charge on any atom is -0.377 e. The highest BCUT2D eigenvalue weighted by atomic mass is 16.5. The van der Waals surface area contributed by atoms with Crippen molar-refractivity contribution in [3.63, 3.8) is 0 Å². The van der Waals surface area contributed by atoms with Crippen LogP contribution in [0.3, 0.4) is 0 Å². The molecule has 0 aromatic heterocycles. The number of hydrogen-bond donors (Lipinski definition) is 2. The first-order valence-electron chi connectivity index (χ1n) is 7.27. The van der Waals surface area contributed by atoms with E-state index in [9.17, 15) is 4.79 Å². The van der Waals surface area contributed by atoms with Gasteiger partial charge in [-0.1, -0.05) is 44.5 Å². The van der Waals surface area contributed by atoms with Gasteiger partial charge in [0.25, 0.3) is 0 Å². The highest BCUT2D eigenvalue weighted by Crippen LogP contribution is 2.11. The third-order valence-electron chi connectivity index (χ3n) is 3.59. The third kappa shape index (κ3) is 4.94. The number of rotatable bonds is 8. The van der Waals surface area contributed by atoms with Crippen LogP contribution < -0.4 is 11.1 Å². The molecule has 3 N–H and O–H groups in total. The first-order chi connectivity index (χ1) is 9.60. The smallest absolute Gasteiger partial charge is 0.237 e. The van der Waals surface area contributed by atoms with E-state index in [-0.39, 0.29) is 11.8 Å². The zero-order valence-electron chi connectivity index (χ0n) is 12.7. The average molecular weight is 278 g/mol. The maximum absolute atomic E-state index is 12.0. The van der Waals surface area contributed by atoms with Crippen LogP contribution in [0.2, 0.25) is 0 Å². The van der Waals surface area contributed by atoms with Crippen LogP contribution in [0.25, 0.3) is 0 Å². The quantitative estimate of drug-likeness (QED) is 0.766. The lowest BCUT2D eigenvalue weighted by Gasteiger charge is -2.18. The zero-order chi connectivity index (χ0) is 15.0. The summed E-state index contributed by atoms with van der Waals surface area (Å²) in [5.41, 5.74) is 8.10. The minimum absolute atomic E-state index is 0.0921. The summed E-state index contributed by atoms with van der Waals surface area (Å²) in [7, 11) is 0. The van der Waals surface area contributed by atoms with E-state index in [0.717, 1.165) is 17.5 Å². The number of carbonyl (C=O) groups is 1. The van der Waals surface area contributed by atoms with Gasteiger partial charge in [-0.2, -0.15) is 0 Å². The maximum Gasteiger partial charge on any atom is 0.237 e. The van der Waals surface area contributed by atoms with Gasteiger partial charge in [-0.05, 0) is 24.0 Å². The number of carbonyl (C=O) groups excluding carboxylic acids is 1. The largest absolute Gasteiger partial charge is 0.377 e. The van der Waals surface area contributed by atoms with Crippen LogP contribution in [0.5, 0.6) is 0 Å². The predicted octanol–water partition coefficient (Wildman–Crippen LogP) is 2.21. The summed E-state index contributed by atoms with van der Waals surface area (Å²) < 4.78 is 5.43. The van der Waals surface area contributed by atoms with E-state index in [1.807, 2.05) is 45.0 Å². The van der Waals surface area contributed by atoms with Crippen molar-refractivity contribution in [1.82, 2.24) is 5.32 Å². The molecule has 0 saturated carbocycles. The Morgan fingerprint density at radius 3 is 2.55 bits per heavy atom. The van der Waals surface area contributed by atoms with E-state index in [0.29, 0.717) is 19.8 Å². The lowest BCUT2D eigenvalue weighted by Crippen LogP contribution is -2.44. The SMILES string of the molecule is CCOCc1ccccc1CNC(=O)[C@@H](N)C(C)CC. The van der Waals surface area contributed by atoms with Crippen molar-refractivity contribution in [1.29, 1.82) is 0 Å². The first kappa shape index (κ1) is 16.7. The molecule has 112 valence electrons. The Morgan fingerprint density at radius 2 is 1.95 bits per heavy atom. The van der Waals surface area contributed by atoms with Crippen molar-refractivity contribution < 1.29 is 9.53 Å². The Kier molecular flexibility index (Phi) is 7.26. The zero-order valence-corrected chi connectivity index (χ0v) is 12.7. The molecule has 1 amide bonds. The van der Waals surface area contributed by atoms with Gasteiger partial charge < -0.3 is 15.8 Å². The fourth-order valence-corrected chi connectivity index (χ4v) is 1.90. The Labute approximate surface area is 121 Å². The maximum atomic E-state index is 12.0. The molecule has 0 aliphatic heterocycles. The molecule has 0 aliphatic rings. The van der Waals surface area contributed by atoms with Gasteiger partial charge in [0.1, 0.15) is 0 Å². The van der Waals surface area contributed by atoms with Crippen molar-refractivity contribution in [2.45, 2.75) is 46.4 Å². The molecule has 2 atom stereocenters. The average Bonchev–Trinajstić information content (AvgIpc) is 2.49. The van der Waals surface area contributed by atoms with Crippen LogP contribution in [0, 0.1) is 5.92 Å². The standard InChI is InChI=1S/C16H26N2O2/c1-4-12(3)15(17)16(19)18-10-13-8-6-7-9-14(13)11-20-5-2/h6-9,12,15H,4-5,10-11,17H2,1-3H3,(H,18,19)/t12?,15-/m0/s1. The Hall–Kier alpha value is -1.39. The van der Waals surface area contributed by atoms with E-state index in [2.05, 4.69) is 5.32 Å². The second kappa shape index (κ2) is 8.72. The first-order valence-corrected chi connectivity index (χ1v) is 7.27. The van der Waals surface area contributed by atoms with Crippen molar-refractivity contribution in [2.24, 2.45) is 11.7 Å². The topological polar surface area (TPSA) is 64.3 Å². The summed E-state index contributed by atoms with van der Waals surface area (Å²) >= 11 is 0. The molecule has 4 nitrogen and oxygen atoms in total. The van der Waals surface area contributed by atoms with Gasteiger partial charge in [0, 0.05) is 13.2 Å². The lowest BCUT2D eigenvalue weighted by atomic mass is 9.99. The van der Waals surface area contributed by atoms with Crippen LogP contribution in [0.4, 0.5) is 0 Å². The molecule has 0 fully saturated rings. The second-order valence-electron chi connectivity index (χ2n) is 5.03. The van der Waals surface area contributed by atoms with Crippen LogP contribution >= 0.6 is 0 Å². The fraction of sp³-hybridized carbons (Fsp3) is 0.562. The summed E-state index contributed by atoms with van der Waals surface area (Å²) in [5.74, 6) is 0.0965. The molecule has 0 heterocycles. The summed E-state index contributed by atoms with van der Waals surface area (Å²) in [6.45, 7) is 7.74. The van der Waals surface area contributed by atoms with Crippen LogP contribution in [-0.4, -0.2) is 18.6 Å². The van der Waals surface area contributed by atoms with Crippen molar-refractivity contribution in [3.05, 3.63) is 35.4 Å². The lowest BCUT2D eigenvalue weighted by molar-refractivity contribution is -0.123. The number of hydrogen-bond acceptors (Lipinski definition) is 3. The van der Waals surface area contributed by atoms with Gasteiger partial charge in [-0.25, -0.2) is 0 Å². The summed E-state index contributed by atoms with van der Waals surface area (Å²) in [5, 5.41) is 2.91. The van der Waals surface area contributed by atoms with Crippen LogP contribution in [-0.2, 0) is 22.7 Å². The molecule has 0 aliphatic carbocycles. The molecule has 4 heteroatoms. The molecule has 20 heavy (non-hydrogen) atoms. The Balaban J connectivity index is 2.58. The van der Waals surface area contributed by atoms with Gasteiger partial charge in [0.15, 0.2) is 0 Å². The molecule has 0 bridgehead atoms. The summed E-state index contributed by atoms with van der Waals surface area (Å²) in [6.07, 6.45) is 0.898. The van der Waals surface area contributed by atoms with Gasteiger partial charge in [-0.15, -0.1) is 0 Å². The van der Waals surface area contributed by atoms with Crippen molar-refractivity contribution in [3.8, 4) is 0 Å². The van der Waals surface area contributed by atoms with Gasteiger partial charge in [0.05, 0.1) is 12.6 Å². The van der Waals surface area contributed by atoms with Crippen LogP contribution in [0.15, 0.2) is 24.3 Å². The molecular formula is C16H26N2O2. The molecule has 0 saturated heterocycles. The predicted molar refractivity (Wildman–Crippen MR) is 81.0 cm³/mol.